The summed E-state index contributed by atoms with van der Waals surface area (Å²) in [4.78, 5) is 14.3. The molecule has 1 aromatic rings. The minimum atomic E-state index is -0.0216. The normalized spacial score (nSPS) is 18.0. The molecule has 122 valence electrons. The highest BCUT2D eigenvalue weighted by molar-refractivity contribution is 5.74. The quantitative estimate of drug-likeness (QED) is 0.878. The maximum Gasteiger partial charge on any atom is 0.315 e. The van der Waals surface area contributed by atoms with Crippen LogP contribution in [0.15, 0.2) is 24.3 Å². The Morgan fingerprint density at radius 3 is 2.64 bits per heavy atom. The number of likely N-dealkylation sites (tertiary alicyclic amines) is 1. The van der Waals surface area contributed by atoms with Gasteiger partial charge in [-0.15, -0.1) is 0 Å². The topological polar surface area (TPSA) is 44.4 Å². The van der Waals surface area contributed by atoms with Crippen molar-refractivity contribution >= 4 is 6.03 Å². The van der Waals surface area contributed by atoms with E-state index < -0.39 is 0 Å². The van der Waals surface area contributed by atoms with Gasteiger partial charge in [0.1, 0.15) is 0 Å². The van der Waals surface area contributed by atoms with E-state index in [1.807, 2.05) is 6.92 Å². The second kappa shape index (κ2) is 8.18. The van der Waals surface area contributed by atoms with Crippen molar-refractivity contribution in [3.05, 3.63) is 35.4 Å². The van der Waals surface area contributed by atoms with Gasteiger partial charge >= 0.3 is 6.03 Å². The van der Waals surface area contributed by atoms with Crippen molar-refractivity contribution in [3.8, 4) is 0 Å². The van der Waals surface area contributed by atoms with Gasteiger partial charge in [-0.25, -0.2) is 4.79 Å². The van der Waals surface area contributed by atoms with Crippen LogP contribution in [-0.2, 0) is 6.54 Å². The Morgan fingerprint density at radius 2 is 2.00 bits per heavy atom. The van der Waals surface area contributed by atoms with Gasteiger partial charge in [0.05, 0.1) is 0 Å². The SMILES string of the molecule is CCC(C)NC(=O)NC1CCN(Cc2ccccc2C)CC1. The number of amides is 2. The number of urea groups is 1. The van der Waals surface area contributed by atoms with Crippen LogP contribution in [0.1, 0.15) is 44.2 Å². The average molecular weight is 303 g/mol. The van der Waals surface area contributed by atoms with E-state index in [1.165, 1.54) is 11.1 Å². The zero-order valence-electron chi connectivity index (χ0n) is 14.1. The maximum atomic E-state index is 11.9. The van der Waals surface area contributed by atoms with E-state index in [1.54, 1.807) is 0 Å². The second-order valence-electron chi connectivity index (χ2n) is 6.40. The molecule has 1 fully saturated rings. The zero-order chi connectivity index (χ0) is 15.9. The van der Waals surface area contributed by atoms with Gasteiger partial charge in [0.15, 0.2) is 0 Å². The minimum Gasteiger partial charge on any atom is -0.336 e. The van der Waals surface area contributed by atoms with E-state index in [-0.39, 0.29) is 12.1 Å². The zero-order valence-corrected chi connectivity index (χ0v) is 14.1. The Balaban J connectivity index is 1.74. The van der Waals surface area contributed by atoms with Crippen molar-refractivity contribution in [1.82, 2.24) is 15.5 Å². The molecular formula is C18H29N3O. The van der Waals surface area contributed by atoms with E-state index in [0.29, 0.717) is 6.04 Å². The van der Waals surface area contributed by atoms with Gasteiger partial charge in [0.25, 0.3) is 0 Å². The van der Waals surface area contributed by atoms with Gasteiger partial charge in [-0.1, -0.05) is 31.2 Å². The predicted molar refractivity (Wildman–Crippen MR) is 90.9 cm³/mol. The highest BCUT2D eigenvalue weighted by Gasteiger charge is 2.21. The summed E-state index contributed by atoms with van der Waals surface area (Å²) in [7, 11) is 0. The van der Waals surface area contributed by atoms with E-state index in [0.717, 1.165) is 38.9 Å². The number of nitrogens with zero attached hydrogens (tertiary/aromatic N) is 1. The molecule has 0 saturated carbocycles. The van der Waals surface area contributed by atoms with Crippen LogP contribution in [0.4, 0.5) is 4.79 Å². The largest absolute Gasteiger partial charge is 0.336 e. The van der Waals surface area contributed by atoms with Gasteiger partial charge < -0.3 is 10.6 Å². The average Bonchev–Trinajstić information content (AvgIpc) is 2.51. The van der Waals surface area contributed by atoms with Gasteiger partial charge in [-0.05, 0) is 44.2 Å². The van der Waals surface area contributed by atoms with E-state index >= 15 is 0 Å². The number of carbonyl (C=O) groups excluding carboxylic acids is 1. The second-order valence-corrected chi connectivity index (χ2v) is 6.40. The molecule has 1 aliphatic rings. The summed E-state index contributed by atoms with van der Waals surface area (Å²) in [6.45, 7) is 9.38. The van der Waals surface area contributed by atoms with E-state index in [4.69, 9.17) is 0 Å². The van der Waals surface area contributed by atoms with Gasteiger partial charge in [0, 0.05) is 31.7 Å². The molecule has 1 unspecified atom stereocenters. The van der Waals surface area contributed by atoms with Crippen molar-refractivity contribution < 1.29 is 4.79 Å². The lowest BCUT2D eigenvalue weighted by Gasteiger charge is -2.32. The lowest BCUT2D eigenvalue weighted by molar-refractivity contribution is 0.185. The monoisotopic (exact) mass is 303 g/mol. The smallest absolute Gasteiger partial charge is 0.315 e. The Morgan fingerprint density at radius 1 is 1.32 bits per heavy atom. The van der Waals surface area contributed by atoms with Gasteiger partial charge in [-0.3, -0.25) is 4.90 Å². The van der Waals surface area contributed by atoms with Crippen LogP contribution in [0.3, 0.4) is 0 Å². The lowest BCUT2D eigenvalue weighted by Crippen LogP contribution is -2.49. The molecule has 4 nitrogen and oxygen atoms in total. The predicted octanol–water partition coefficient (Wildman–Crippen LogP) is 3.06. The fourth-order valence-electron chi connectivity index (χ4n) is 2.82. The molecule has 22 heavy (non-hydrogen) atoms. The molecule has 0 radical (unpaired) electrons. The molecule has 2 amide bonds. The maximum absolute atomic E-state index is 11.9. The molecule has 1 atom stereocenters. The molecule has 2 N–H and O–H groups in total. The van der Waals surface area contributed by atoms with Crippen LogP contribution in [0, 0.1) is 6.92 Å². The highest BCUT2D eigenvalue weighted by atomic mass is 16.2. The fourth-order valence-corrected chi connectivity index (χ4v) is 2.82. The molecule has 1 heterocycles. The summed E-state index contributed by atoms with van der Waals surface area (Å²) in [6, 6.07) is 9.09. The highest BCUT2D eigenvalue weighted by Crippen LogP contribution is 2.16. The van der Waals surface area contributed by atoms with Crippen molar-refractivity contribution in [1.29, 1.82) is 0 Å². The Kier molecular flexibility index (Phi) is 6.25. The summed E-state index contributed by atoms with van der Waals surface area (Å²) >= 11 is 0. The Labute approximate surface area is 134 Å². The molecule has 0 aromatic heterocycles. The number of aryl methyl sites for hydroxylation is 1. The number of hydrogen-bond donors (Lipinski definition) is 2. The van der Waals surface area contributed by atoms with Crippen molar-refractivity contribution in [2.24, 2.45) is 0 Å². The number of nitrogens with one attached hydrogen (secondary N) is 2. The van der Waals surface area contributed by atoms with Crippen LogP contribution in [-0.4, -0.2) is 36.1 Å². The first-order chi connectivity index (χ1) is 10.6. The molecule has 0 aliphatic carbocycles. The Hall–Kier alpha value is -1.55. The van der Waals surface area contributed by atoms with Crippen LogP contribution in [0.5, 0.6) is 0 Å². The molecule has 1 saturated heterocycles. The van der Waals surface area contributed by atoms with E-state index in [9.17, 15) is 4.79 Å². The van der Waals surface area contributed by atoms with Crippen LogP contribution >= 0.6 is 0 Å². The van der Waals surface area contributed by atoms with Gasteiger partial charge in [0.2, 0.25) is 0 Å². The molecule has 1 aromatic carbocycles. The first-order valence-corrected chi connectivity index (χ1v) is 8.42. The van der Waals surface area contributed by atoms with E-state index in [2.05, 4.69) is 53.6 Å². The third-order valence-electron chi connectivity index (χ3n) is 4.57. The summed E-state index contributed by atoms with van der Waals surface area (Å²) in [5.74, 6) is 0. The molecule has 0 spiro atoms. The fraction of sp³-hybridized carbons (Fsp3) is 0.611. The number of rotatable bonds is 5. The van der Waals surface area contributed by atoms with Crippen LogP contribution in [0.2, 0.25) is 0 Å². The third kappa shape index (κ3) is 5.02. The molecular weight excluding hydrogens is 274 g/mol. The van der Waals surface area contributed by atoms with Crippen molar-refractivity contribution in [3.63, 3.8) is 0 Å². The summed E-state index contributed by atoms with van der Waals surface area (Å²) in [5, 5.41) is 6.07. The number of hydrogen-bond acceptors (Lipinski definition) is 2. The van der Waals surface area contributed by atoms with Gasteiger partial charge in [-0.2, -0.15) is 0 Å². The summed E-state index contributed by atoms with van der Waals surface area (Å²) in [6.07, 6.45) is 3.02. The summed E-state index contributed by atoms with van der Waals surface area (Å²) < 4.78 is 0. The number of carbonyl (C=O) groups is 1. The first kappa shape index (κ1) is 16.8. The molecule has 0 bridgehead atoms. The van der Waals surface area contributed by atoms with Crippen LogP contribution < -0.4 is 10.6 Å². The van der Waals surface area contributed by atoms with Crippen LogP contribution in [0.25, 0.3) is 0 Å². The van der Waals surface area contributed by atoms with Crippen molar-refractivity contribution in [2.45, 2.75) is 58.7 Å². The molecule has 2 rings (SSSR count). The number of benzene rings is 1. The standard InChI is InChI=1S/C18H29N3O/c1-4-15(3)19-18(22)20-17-9-11-21(12-10-17)13-16-8-6-5-7-14(16)2/h5-8,15,17H,4,9-13H2,1-3H3,(H2,19,20,22). The number of piperidine rings is 1. The lowest BCUT2D eigenvalue weighted by atomic mass is 10.0. The molecule has 4 heteroatoms. The molecule has 1 aliphatic heterocycles. The Bertz CT molecular complexity index is 481. The summed E-state index contributed by atoms with van der Waals surface area (Å²) in [5.41, 5.74) is 2.76. The van der Waals surface area contributed by atoms with Crippen molar-refractivity contribution in [2.75, 3.05) is 13.1 Å². The minimum absolute atomic E-state index is 0.0216. The first-order valence-electron chi connectivity index (χ1n) is 8.42. The third-order valence-corrected chi connectivity index (χ3v) is 4.57.